The van der Waals surface area contributed by atoms with Gasteiger partial charge in [-0.2, -0.15) is 0 Å². The number of nitrogens with one attached hydrogen (secondary N) is 1. The summed E-state index contributed by atoms with van der Waals surface area (Å²) in [5.41, 5.74) is 2.10. The molecule has 2 aromatic heterocycles. The Morgan fingerprint density at radius 3 is 2.67 bits per heavy atom. The maximum atomic E-state index is 13.0. The van der Waals surface area contributed by atoms with Crippen LogP contribution in [0.4, 0.5) is 0 Å². The average molecular weight is 369 g/mol. The second kappa shape index (κ2) is 7.70. The summed E-state index contributed by atoms with van der Waals surface area (Å²) >= 11 is 0. The van der Waals surface area contributed by atoms with Crippen LogP contribution >= 0.6 is 0 Å². The van der Waals surface area contributed by atoms with Crippen molar-refractivity contribution in [2.45, 2.75) is 40.2 Å². The van der Waals surface area contributed by atoms with E-state index in [-0.39, 0.29) is 35.5 Å². The van der Waals surface area contributed by atoms with Crippen LogP contribution in [-0.4, -0.2) is 18.6 Å². The van der Waals surface area contributed by atoms with Crippen LogP contribution in [0, 0.1) is 13.8 Å². The number of hydrogen-bond acceptors (Lipinski definition) is 5. The van der Waals surface area contributed by atoms with Crippen LogP contribution < -0.4 is 15.5 Å². The number of furan rings is 1. The van der Waals surface area contributed by atoms with Crippen LogP contribution in [0.5, 0.6) is 5.75 Å². The maximum Gasteiger partial charge on any atom is 0.258 e. The third kappa shape index (κ3) is 3.89. The van der Waals surface area contributed by atoms with E-state index in [0.29, 0.717) is 16.7 Å². The van der Waals surface area contributed by atoms with E-state index in [9.17, 15) is 9.59 Å². The zero-order valence-electron chi connectivity index (χ0n) is 15.9. The number of aryl methyl sites for hydroxylation is 2. The van der Waals surface area contributed by atoms with Crippen LogP contribution in [0.15, 0.2) is 44.2 Å². The fraction of sp³-hybridized carbons (Fsp3) is 0.333. The molecule has 27 heavy (non-hydrogen) atoms. The minimum atomic E-state index is -0.331. The predicted octanol–water partition coefficient (Wildman–Crippen LogP) is 3.96. The van der Waals surface area contributed by atoms with Gasteiger partial charge in [0.05, 0.1) is 11.6 Å². The van der Waals surface area contributed by atoms with E-state index in [1.54, 1.807) is 18.2 Å². The third-order valence-electron chi connectivity index (χ3n) is 4.58. The van der Waals surface area contributed by atoms with Gasteiger partial charge >= 0.3 is 0 Å². The van der Waals surface area contributed by atoms with E-state index in [2.05, 4.69) is 5.32 Å². The maximum absolute atomic E-state index is 13.0. The predicted molar refractivity (Wildman–Crippen MR) is 103 cm³/mol. The molecular formula is C21H23NO5. The van der Waals surface area contributed by atoms with Gasteiger partial charge in [-0.05, 0) is 62.6 Å². The second-order valence-corrected chi connectivity index (χ2v) is 6.66. The highest BCUT2D eigenvalue weighted by Gasteiger charge is 2.21. The fourth-order valence-electron chi connectivity index (χ4n) is 2.69. The fourth-order valence-corrected chi connectivity index (χ4v) is 2.69. The van der Waals surface area contributed by atoms with Crippen molar-refractivity contribution in [1.29, 1.82) is 0 Å². The molecule has 6 nitrogen and oxygen atoms in total. The second-order valence-electron chi connectivity index (χ2n) is 6.66. The molecule has 1 atom stereocenters. The summed E-state index contributed by atoms with van der Waals surface area (Å²) in [5, 5.41) is 3.22. The van der Waals surface area contributed by atoms with Crippen molar-refractivity contribution in [3.63, 3.8) is 0 Å². The summed E-state index contributed by atoms with van der Waals surface area (Å²) in [7, 11) is 0. The Morgan fingerprint density at radius 1 is 1.26 bits per heavy atom. The summed E-state index contributed by atoms with van der Waals surface area (Å²) in [6, 6.07) is 6.99. The molecule has 2 heterocycles. The highest BCUT2D eigenvalue weighted by atomic mass is 16.5. The lowest BCUT2D eigenvalue weighted by atomic mass is 10.1. The number of ether oxygens (including phenoxy) is 1. The van der Waals surface area contributed by atoms with Crippen molar-refractivity contribution in [2.75, 3.05) is 6.61 Å². The highest BCUT2D eigenvalue weighted by Crippen LogP contribution is 2.32. The zero-order chi connectivity index (χ0) is 19.6. The lowest BCUT2D eigenvalue weighted by molar-refractivity contribution is -0.123. The standard InChI is InChI=1S/C21H23NO5/c1-5-14(4)22-18(23)11-26-21-19(24)15-9-12(2)13(3)10-17(15)27-20(21)16-7-6-8-25-16/h6-10,14H,5,11H2,1-4H3,(H,22,23)/t14-/m0/s1. The molecule has 0 saturated carbocycles. The Kier molecular flexibility index (Phi) is 5.35. The minimum absolute atomic E-state index is 0.0278. The van der Waals surface area contributed by atoms with Gasteiger partial charge in [0.15, 0.2) is 12.4 Å². The molecule has 1 amide bonds. The van der Waals surface area contributed by atoms with Crippen molar-refractivity contribution in [3.05, 3.63) is 51.9 Å². The van der Waals surface area contributed by atoms with Crippen LogP contribution in [0.25, 0.3) is 22.5 Å². The molecule has 0 saturated heterocycles. The molecule has 0 fully saturated rings. The van der Waals surface area contributed by atoms with Crippen LogP contribution in [0.2, 0.25) is 0 Å². The normalized spacial score (nSPS) is 12.1. The monoisotopic (exact) mass is 369 g/mol. The third-order valence-corrected chi connectivity index (χ3v) is 4.58. The van der Waals surface area contributed by atoms with Crippen LogP contribution in [-0.2, 0) is 4.79 Å². The van der Waals surface area contributed by atoms with E-state index < -0.39 is 0 Å². The Bertz CT molecular complexity index is 1020. The first-order chi connectivity index (χ1) is 12.9. The molecule has 6 heteroatoms. The lowest BCUT2D eigenvalue weighted by Gasteiger charge is -2.13. The van der Waals surface area contributed by atoms with E-state index in [1.165, 1.54) is 6.26 Å². The van der Waals surface area contributed by atoms with E-state index >= 15 is 0 Å². The number of carbonyl (C=O) groups is 1. The minimum Gasteiger partial charge on any atom is -0.476 e. The van der Waals surface area contributed by atoms with Gasteiger partial charge in [0.25, 0.3) is 5.91 Å². The molecular weight excluding hydrogens is 346 g/mol. The topological polar surface area (TPSA) is 81.7 Å². The number of rotatable bonds is 6. The van der Waals surface area contributed by atoms with E-state index in [1.807, 2.05) is 33.8 Å². The lowest BCUT2D eigenvalue weighted by Crippen LogP contribution is -2.36. The molecule has 142 valence electrons. The van der Waals surface area contributed by atoms with Gasteiger partial charge in [-0.25, -0.2) is 0 Å². The smallest absolute Gasteiger partial charge is 0.258 e. The zero-order valence-corrected chi connectivity index (χ0v) is 15.9. The van der Waals surface area contributed by atoms with Gasteiger partial charge < -0.3 is 18.9 Å². The molecule has 0 aliphatic heterocycles. The van der Waals surface area contributed by atoms with Crippen molar-refractivity contribution in [1.82, 2.24) is 5.32 Å². The first-order valence-electron chi connectivity index (χ1n) is 8.94. The average Bonchev–Trinajstić information content (AvgIpc) is 3.17. The Labute approximate surface area is 157 Å². The largest absolute Gasteiger partial charge is 0.476 e. The van der Waals surface area contributed by atoms with Gasteiger partial charge in [-0.15, -0.1) is 0 Å². The van der Waals surface area contributed by atoms with Gasteiger partial charge in [0, 0.05) is 6.04 Å². The summed E-state index contributed by atoms with van der Waals surface area (Å²) in [4.78, 5) is 25.1. The molecule has 3 aromatic rings. The molecule has 0 aliphatic carbocycles. The molecule has 0 unspecified atom stereocenters. The van der Waals surface area contributed by atoms with Gasteiger partial charge in [0.1, 0.15) is 5.58 Å². The van der Waals surface area contributed by atoms with E-state index in [4.69, 9.17) is 13.6 Å². The first-order valence-corrected chi connectivity index (χ1v) is 8.94. The number of carbonyl (C=O) groups excluding carboxylic acids is 1. The molecule has 0 aliphatic rings. The number of hydrogen-bond donors (Lipinski definition) is 1. The highest BCUT2D eigenvalue weighted by molar-refractivity contribution is 5.83. The summed E-state index contributed by atoms with van der Waals surface area (Å²) in [6.45, 7) is 7.48. The molecule has 3 rings (SSSR count). The SMILES string of the molecule is CC[C@H](C)NC(=O)COc1c(-c2ccco2)oc2cc(C)c(C)cc2c1=O. The van der Waals surface area contributed by atoms with Crippen LogP contribution in [0.1, 0.15) is 31.4 Å². The molecule has 1 aromatic carbocycles. The Balaban J connectivity index is 2.05. The Hall–Kier alpha value is -3.02. The van der Waals surface area contributed by atoms with Crippen molar-refractivity contribution < 1.29 is 18.4 Å². The molecule has 0 bridgehead atoms. The molecule has 0 radical (unpaired) electrons. The summed E-state index contributed by atoms with van der Waals surface area (Å²) in [5.74, 6) is 0.219. The van der Waals surface area contributed by atoms with Crippen LogP contribution in [0.3, 0.4) is 0 Å². The number of benzene rings is 1. The molecule has 0 spiro atoms. The summed E-state index contributed by atoms with van der Waals surface area (Å²) < 4.78 is 16.9. The first kappa shape index (κ1) is 18.8. The quantitative estimate of drug-likeness (QED) is 0.711. The van der Waals surface area contributed by atoms with Gasteiger partial charge in [-0.3, -0.25) is 9.59 Å². The van der Waals surface area contributed by atoms with Gasteiger partial charge in [0.2, 0.25) is 16.9 Å². The molecule has 1 N–H and O–H groups in total. The van der Waals surface area contributed by atoms with Crippen molar-refractivity contribution in [3.8, 4) is 17.3 Å². The Morgan fingerprint density at radius 2 is 2.00 bits per heavy atom. The van der Waals surface area contributed by atoms with Gasteiger partial charge in [-0.1, -0.05) is 6.92 Å². The number of fused-ring (bicyclic) bond motifs is 1. The van der Waals surface area contributed by atoms with E-state index in [0.717, 1.165) is 17.5 Å². The summed E-state index contributed by atoms with van der Waals surface area (Å²) in [6.07, 6.45) is 2.29. The van der Waals surface area contributed by atoms with Crippen molar-refractivity contribution in [2.24, 2.45) is 0 Å². The van der Waals surface area contributed by atoms with Crippen molar-refractivity contribution >= 4 is 16.9 Å². The number of amides is 1.